The monoisotopic (exact) mass is 424 g/mol. The molecule has 4 aromatic rings. The zero-order chi connectivity index (χ0) is 20.1. The van der Waals surface area contributed by atoms with Gasteiger partial charge in [-0.15, -0.1) is 12.4 Å². The lowest BCUT2D eigenvalue weighted by Crippen LogP contribution is -2.24. The largest absolute Gasteiger partial charge is 0.497 e. The second-order valence-corrected chi connectivity index (χ2v) is 6.93. The van der Waals surface area contributed by atoms with E-state index in [1.165, 1.54) is 5.56 Å². The molecule has 1 heterocycles. The van der Waals surface area contributed by atoms with Gasteiger partial charge in [0.25, 0.3) is 0 Å². The Balaban J connectivity index is 0.00000256. The maximum Gasteiger partial charge on any atom is 0.119 e. The molecule has 0 aliphatic carbocycles. The number of ether oxygens (including phenoxy) is 2. The molecule has 5 nitrogen and oxygen atoms in total. The second-order valence-electron chi connectivity index (χ2n) is 6.93. The van der Waals surface area contributed by atoms with E-state index in [9.17, 15) is 5.11 Å². The van der Waals surface area contributed by atoms with Gasteiger partial charge in [0.2, 0.25) is 0 Å². The Morgan fingerprint density at radius 1 is 0.900 bits per heavy atom. The lowest BCUT2D eigenvalue weighted by molar-refractivity contribution is 0.0928. The van der Waals surface area contributed by atoms with Crippen molar-refractivity contribution in [3.8, 4) is 11.5 Å². The first kappa shape index (κ1) is 21.7. The highest BCUT2D eigenvalue weighted by molar-refractivity contribution is 5.85. The first-order valence-electron chi connectivity index (χ1n) is 9.66. The number of nitrogens with zero attached hydrogens (tertiary/aromatic N) is 2. The first-order valence-corrected chi connectivity index (χ1v) is 9.66. The molecule has 0 spiro atoms. The first-order chi connectivity index (χ1) is 14.2. The fourth-order valence-corrected chi connectivity index (χ4v) is 3.37. The molecule has 0 aliphatic heterocycles. The van der Waals surface area contributed by atoms with Gasteiger partial charge in [0.15, 0.2) is 0 Å². The van der Waals surface area contributed by atoms with Crippen molar-refractivity contribution in [2.45, 2.75) is 19.1 Å². The van der Waals surface area contributed by atoms with Crippen molar-refractivity contribution in [1.29, 1.82) is 0 Å². The van der Waals surface area contributed by atoms with E-state index in [-0.39, 0.29) is 19.0 Å². The molecule has 1 unspecified atom stereocenters. The Labute approximate surface area is 182 Å². The number of imidazole rings is 1. The van der Waals surface area contributed by atoms with E-state index in [1.54, 1.807) is 7.11 Å². The lowest BCUT2D eigenvalue weighted by Gasteiger charge is -2.16. The molecule has 3 aromatic carbocycles. The topological polar surface area (TPSA) is 56.5 Å². The zero-order valence-corrected chi connectivity index (χ0v) is 17.6. The van der Waals surface area contributed by atoms with Gasteiger partial charge in [0, 0.05) is 6.42 Å². The number of methoxy groups -OCH3 is 1. The number of benzene rings is 3. The maximum atomic E-state index is 10.6. The summed E-state index contributed by atoms with van der Waals surface area (Å²) in [6.45, 7) is 0.614. The number of para-hydroxylation sites is 2. The van der Waals surface area contributed by atoms with E-state index < -0.39 is 6.10 Å². The van der Waals surface area contributed by atoms with Gasteiger partial charge in [-0.1, -0.05) is 42.5 Å². The van der Waals surface area contributed by atoms with Gasteiger partial charge in [0.05, 0.1) is 24.7 Å². The minimum absolute atomic E-state index is 0. The molecule has 0 fully saturated rings. The van der Waals surface area contributed by atoms with Crippen LogP contribution in [-0.2, 0) is 13.0 Å². The number of hydrogen-bond donors (Lipinski definition) is 1. The van der Waals surface area contributed by atoms with Crippen LogP contribution in [0.5, 0.6) is 11.5 Å². The summed E-state index contributed by atoms with van der Waals surface area (Å²) in [4.78, 5) is 4.80. The predicted octanol–water partition coefficient (Wildman–Crippen LogP) is 4.50. The van der Waals surface area contributed by atoms with Gasteiger partial charge >= 0.3 is 0 Å². The van der Waals surface area contributed by atoms with Crippen LogP contribution < -0.4 is 9.47 Å². The van der Waals surface area contributed by atoms with E-state index in [2.05, 4.69) is 16.7 Å². The van der Waals surface area contributed by atoms with Crippen LogP contribution in [0.25, 0.3) is 11.0 Å². The Morgan fingerprint density at radius 2 is 1.57 bits per heavy atom. The van der Waals surface area contributed by atoms with Gasteiger partial charge in [-0.2, -0.15) is 0 Å². The van der Waals surface area contributed by atoms with Gasteiger partial charge in [-0.25, -0.2) is 4.98 Å². The molecule has 30 heavy (non-hydrogen) atoms. The highest BCUT2D eigenvalue weighted by atomic mass is 35.5. The third kappa shape index (κ3) is 5.12. The Morgan fingerprint density at radius 3 is 2.30 bits per heavy atom. The molecule has 0 radical (unpaired) electrons. The Bertz CT molecular complexity index is 1060. The molecule has 0 saturated heterocycles. The Kier molecular flexibility index (Phi) is 7.33. The molecule has 0 saturated carbocycles. The number of halogens is 1. The highest BCUT2D eigenvalue weighted by Crippen LogP contribution is 2.20. The van der Waals surface area contributed by atoms with Gasteiger partial charge < -0.3 is 19.1 Å². The van der Waals surface area contributed by atoms with Gasteiger partial charge in [0.1, 0.15) is 30.0 Å². The second kappa shape index (κ2) is 10.1. The van der Waals surface area contributed by atoms with Crippen molar-refractivity contribution in [3.63, 3.8) is 0 Å². The van der Waals surface area contributed by atoms with Crippen molar-refractivity contribution in [2.24, 2.45) is 0 Å². The fourth-order valence-electron chi connectivity index (χ4n) is 3.37. The zero-order valence-electron chi connectivity index (χ0n) is 16.8. The summed E-state index contributed by atoms with van der Waals surface area (Å²) in [5.41, 5.74) is 3.14. The normalized spacial score (nSPS) is 11.7. The number of hydrogen-bond acceptors (Lipinski definition) is 4. The molecule has 4 rings (SSSR count). The number of fused-ring (bicyclic) bond motifs is 1. The Hall–Kier alpha value is -3.02. The molecular formula is C24H25ClN2O3. The molecule has 1 aromatic heterocycles. The molecule has 0 amide bonds. The van der Waals surface area contributed by atoms with E-state index in [0.717, 1.165) is 22.6 Å². The highest BCUT2D eigenvalue weighted by Gasteiger charge is 2.15. The van der Waals surface area contributed by atoms with Crippen LogP contribution in [0.1, 0.15) is 11.4 Å². The van der Waals surface area contributed by atoms with Crippen molar-refractivity contribution in [1.82, 2.24) is 9.55 Å². The van der Waals surface area contributed by atoms with Crippen molar-refractivity contribution in [2.75, 3.05) is 13.7 Å². The summed E-state index contributed by atoms with van der Waals surface area (Å²) < 4.78 is 13.0. The number of aliphatic hydroxyl groups excluding tert-OH is 1. The summed E-state index contributed by atoms with van der Waals surface area (Å²) >= 11 is 0. The van der Waals surface area contributed by atoms with Crippen molar-refractivity contribution >= 4 is 23.4 Å². The minimum atomic E-state index is -0.663. The van der Waals surface area contributed by atoms with Crippen LogP contribution in [0.3, 0.4) is 0 Å². The average Bonchev–Trinajstić information content (AvgIpc) is 3.10. The van der Waals surface area contributed by atoms with Crippen LogP contribution >= 0.6 is 12.4 Å². The minimum Gasteiger partial charge on any atom is -0.497 e. The van der Waals surface area contributed by atoms with E-state index in [0.29, 0.717) is 18.7 Å². The number of aliphatic hydroxyl groups is 1. The van der Waals surface area contributed by atoms with Crippen molar-refractivity contribution < 1.29 is 14.6 Å². The molecule has 0 bridgehead atoms. The lowest BCUT2D eigenvalue weighted by atomic mass is 10.1. The number of aromatic nitrogens is 2. The third-order valence-electron chi connectivity index (χ3n) is 4.83. The molecule has 156 valence electrons. The maximum absolute atomic E-state index is 10.6. The van der Waals surface area contributed by atoms with E-state index in [1.807, 2.05) is 66.7 Å². The summed E-state index contributed by atoms with van der Waals surface area (Å²) in [7, 11) is 1.63. The van der Waals surface area contributed by atoms with Crippen LogP contribution in [0, 0.1) is 0 Å². The SMILES string of the molecule is COc1ccc(OCC(O)Cn2c(Cc3ccccc3)nc3ccccc32)cc1.Cl. The summed E-state index contributed by atoms with van der Waals surface area (Å²) in [5.74, 6) is 2.40. The van der Waals surface area contributed by atoms with E-state index in [4.69, 9.17) is 14.5 Å². The average molecular weight is 425 g/mol. The van der Waals surface area contributed by atoms with Crippen molar-refractivity contribution in [3.05, 3.63) is 90.3 Å². The van der Waals surface area contributed by atoms with Crippen LogP contribution in [0.15, 0.2) is 78.9 Å². The molecule has 6 heteroatoms. The molecular weight excluding hydrogens is 400 g/mol. The molecule has 1 N–H and O–H groups in total. The molecule has 1 atom stereocenters. The van der Waals surface area contributed by atoms with Gasteiger partial charge in [-0.3, -0.25) is 0 Å². The quantitative estimate of drug-likeness (QED) is 0.452. The van der Waals surface area contributed by atoms with Crippen LogP contribution in [-0.4, -0.2) is 34.5 Å². The summed E-state index contributed by atoms with van der Waals surface area (Å²) in [6, 6.07) is 25.6. The van der Waals surface area contributed by atoms with Gasteiger partial charge in [-0.05, 0) is 42.0 Å². The summed E-state index contributed by atoms with van der Waals surface area (Å²) in [5, 5.41) is 10.6. The van der Waals surface area contributed by atoms with E-state index >= 15 is 0 Å². The fraction of sp³-hybridized carbons (Fsp3) is 0.208. The van der Waals surface area contributed by atoms with Crippen LogP contribution in [0.4, 0.5) is 0 Å². The van der Waals surface area contributed by atoms with Crippen LogP contribution in [0.2, 0.25) is 0 Å². The number of rotatable bonds is 8. The summed E-state index contributed by atoms with van der Waals surface area (Å²) in [6.07, 6.45) is 0.0471. The third-order valence-corrected chi connectivity index (χ3v) is 4.83. The molecule has 0 aliphatic rings. The predicted molar refractivity (Wildman–Crippen MR) is 121 cm³/mol. The standard InChI is InChI=1S/C24H24N2O3.ClH/c1-28-20-11-13-21(14-12-20)29-17-19(27)16-26-23-10-6-5-9-22(23)25-24(26)15-18-7-3-2-4-8-18;/h2-14,19,27H,15-17H2,1H3;1H. The smallest absolute Gasteiger partial charge is 0.119 e.